The van der Waals surface area contributed by atoms with Crippen LogP contribution in [0.3, 0.4) is 0 Å². The number of rotatable bonds is 9. The summed E-state index contributed by atoms with van der Waals surface area (Å²) >= 11 is 5.98. The number of benzene rings is 2. The maximum atomic E-state index is 12.3. The number of ether oxygens (including phenoxy) is 2. The SMILES string of the molecule is COc1ccc(Cl)cc1N(CC(=O)NCCOc1ccc(C)cc1)S(C)(=O)=O. The zero-order valence-corrected chi connectivity index (χ0v) is 17.5. The van der Waals surface area contributed by atoms with Crippen LogP contribution in [0.4, 0.5) is 5.69 Å². The molecule has 0 heterocycles. The minimum Gasteiger partial charge on any atom is -0.495 e. The van der Waals surface area contributed by atoms with Crippen molar-refractivity contribution in [3.05, 3.63) is 53.1 Å². The van der Waals surface area contributed by atoms with Gasteiger partial charge in [0.2, 0.25) is 15.9 Å². The summed E-state index contributed by atoms with van der Waals surface area (Å²) in [6, 6.07) is 12.1. The predicted octanol–water partition coefficient (Wildman–Crippen LogP) is 2.62. The van der Waals surface area contributed by atoms with Gasteiger partial charge < -0.3 is 14.8 Å². The molecule has 0 saturated heterocycles. The Morgan fingerprint density at radius 3 is 2.46 bits per heavy atom. The Bertz CT molecular complexity index is 916. The molecule has 0 aliphatic rings. The molecule has 0 fully saturated rings. The average Bonchev–Trinajstić information content (AvgIpc) is 2.64. The summed E-state index contributed by atoms with van der Waals surface area (Å²) < 4.78 is 36.1. The second-order valence-corrected chi connectivity index (χ2v) is 8.44. The van der Waals surface area contributed by atoms with Crippen LogP contribution in [-0.2, 0) is 14.8 Å². The largest absolute Gasteiger partial charge is 0.495 e. The summed E-state index contributed by atoms with van der Waals surface area (Å²) in [5, 5.41) is 2.97. The van der Waals surface area contributed by atoms with Gasteiger partial charge in [0.05, 0.1) is 25.6 Å². The number of sulfonamides is 1. The third-order valence-corrected chi connectivity index (χ3v) is 5.17. The van der Waals surface area contributed by atoms with Gasteiger partial charge in [0, 0.05) is 5.02 Å². The normalized spacial score (nSPS) is 11.0. The van der Waals surface area contributed by atoms with E-state index in [0.29, 0.717) is 16.5 Å². The number of nitrogens with zero attached hydrogens (tertiary/aromatic N) is 1. The number of aryl methyl sites for hydroxylation is 1. The van der Waals surface area contributed by atoms with Crippen LogP contribution in [0.2, 0.25) is 5.02 Å². The number of amides is 1. The topological polar surface area (TPSA) is 84.9 Å². The number of hydrogen-bond acceptors (Lipinski definition) is 5. The third kappa shape index (κ3) is 6.31. The molecule has 2 aromatic rings. The summed E-state index contributed by atoms with van der Waals surface area (Å²) in [4.78, 5) is 12.3. The second kappa shape index (κ2) is 9.66. The summed E-state index contributed by atoms with van der Waals surface area (Å²) in [6.45, 7) is 2.07. The zero-order valence-electron chi connectivity index (χ0n) is 15.9. The molecule has 2 aromatic carbocycles. The Hall–Kier alpha value is -2.45. The van der Waals surface area contributed by atoms with E-state index < -0.39 is 22.5 Å². The maximum absolute atomic E-state index is 12.3. The minimum absolute atomic E-state index is 0.198. The van der Waals surface area contributed by atoms with Crippen molar-refractivity contribution in [3.8, 4) is 11.5 Å². The molecule has 28 heavy (non-hydrogen) atoms. The van der Waals surface area contributed by atoms with Gasteiger partial charge in [-0.3, -0.25) is 9.10 Å². The number of carbonyl (C=O) groups is 1. The van der Waals surface area contributed by atoms with Crippen molar-refractivity contribution in [1.29, 1.82) is 0 Å². The highest BCUT2D eigenvalue weighted by Gasteiger charge is 2.24. The smallest absolute Gasteiger partial charge is 0.240 e. The van der Waals surface area contributed by atoms with Gasteiger partial charge in [-0.2, -0.15) is 0 Å². The summed E-state index contributed by atoms with van der Waals surface area (Å²) in [5.41, 5.74) is 1.32. The van der Waals surface area contributed by atoms with Crippen LogP contribution in [0.15, 0.2) is 42.5 Å². The van der Waals surface area contributed by atoms with E-state index in [1.807, 2.05) is 31.2 Å². The molecule has 0 radical (unpaired) electrons. The van der Waals surface area contributed by atoms with Crippen molar-refractivity contribution in [2.24, 2.45) is 0 Å². The highest BCUT2D eigenvalue weighted by atomic mass is 35.5. The zero-order chi connectivity index (χ0) is 20.7. The second-order valence-electron chi connectivity index (χ2n) is 6.10. The van der Waals surface area contributed by atoms with Gasteiger partial charge in [-0.15, -0.1) is 0 Å². The van der Waals surface area contributed by atoms with E-state index in [-0.39, 0.29) is 18.8 Å². The van der Waals surface area contributed by atoms with Crippen molar-refractivity contribution in [2.45, 2.75) is 6.92 Å². The lowest BCUT2D eigenvalue weighted by molar-refractivity contribution is -0.119. The van der Waals surface area contributed by atoms with E-state index in [4.69, 9.17) is 21.1 Å². The van der Waals surface area contributed by atoms with Gasteiger partial charge in [-0.1, -0.05) is 29.3 Å². The Labute approximate surface area is 170 Å². The van der Waals surface area contributed by atoms with Gasteiger partial charge in [0.15, 0.2) is 0 Å². The minimum atomic E-state index is -3.74. The molecule has 0 spiro atoms. The molecular weight excluding hydrogens is 404 g/mol. The maximum Gasteiger partial charge on any atom is 0.240 e. The Morgan fingerprint density at radius 1 is 1.18 bits per heavy atom. The third-order valence-electron chi connectivity index (χ3n) is 3.81. The van der Waals surface area contributed by atoms with Crippen LogP contribution in [0.1, 0.15) is 5.56 Å². The van der Waals surface area contributed by atoms with Crippen LogP contribution in [0.25, 0.3) is 0 Å². The van der Waals surface area contributed by atoms with Crippen LogP contribution in [0.5, 0.6) is 11.5 Å². The molecule has 1 amide bonds. The lowest BCUT2D eigenvalue weighted by atomic mass is 10.2. The average molecular weight is 427 g/mol. The highest BCUT2D eigenvalue weighted by molar-refractivity contribution is 7.92. The fraction of sp³-hybridized carbons (Fsp3) is 0.316. The first-order chi connectivity index (χ1) is 13.2. The van der Waals surface area contributed by atoms with Crippen molar-refractivity contribution in [1.82, 2.24) is 5.32 Å². The molecule has 1 N–H and O–H groups in total. The number of hydrogen-bond donors (Lipinski definition) is 1. The van der Waals surface area contributed by atoms with Gasteiger partial charge in [-0.05, 0) is 37.3 Å². The number of halogens is 1. The van der Waals surface area contributed by atoms with Gasteiger partial charge in [0.25, 0.3) is 0 Å². The van der Waals surface area contributed by atoms with E-state index in [1.165, 1.54) is 13.2 Å². The number of anilines is 1. The molecule has 0 bridgehead atoms. The van der Waals surface area contributed by atoms with Crippen molar-refractivity contribution in [2.75, 3.05) is 37.4 Å². The molecule has 0 saturated carbocycles. The first-order valence-electron chi connectivity index (χ1n) is 8.48. The molecule has 2 rings (SSSR count). The lowest BCUT2D eigenvalue weighted by Gasteiger charge is -2.24. The van der Waals surface area contributed by atoms with Crippen molar-refractivity contribution in [3.63, 3.8) is 0 Å². The Balaban J connectivity index is 1.98. The Kier molecular flexibility index (Phi) is 7.53. The van der Waals surface area contributed by atoms with E-state index in [1.54, 1.807) is 12.1 Å². The Morgan fingerprint density at radius 2 is 1.86 bits per heavy atom. The van der Waals surface area contributed by atoms with Crippen molar-refractivity contribution >= 4 is 33.2 Å². The van der Waals surface area contributed by atoms with E-state index in [2.05, 4.69) is 5.32 Å². The number of nitrogens with one attached hydrogen (secondary N) is 1. The van der Waals surface area contributed by atoms with Gasteiger partial charge >= 0.3 is 0 Å². The van der Waals surface area contributed by atoms with Crippen molar-refractivity contribution < 1.29 is 22.7 Å². The lowest BCUT2D eigenvalue weighted by Crippen LogP contribution is -2.41. The molecule has 0 aliphatic heterocycles. The fourth-order valence-electron chi connectivity index (χ4n) is 2.42. The summed E-state index contributed by atoms with van der Waals surface area (Å²) in [7, 11) is -2.33. The van der Waals surface area contributed by atoms with E-state index >= 15 is 0 Å². The number of carbonyl (C=O) groups excluding carboxylic acids is 1. The monoisotopic (exact) mass is 426 g/mol. The molecule has 9 heteroatoms. The van der Waals surface area contributed by atoms with Crippen LogP contribution in [0, 0.1) is 6.92 Å². The van der Waals surface area contributed by atoms with Crippen LogP contribution in [-0.4, -0.2) is 47.4 Å². The first kappa shape index (κ1) is 21.8. The van der Waals surface area contributed by atoms with Gasteiger partial charge in [0.1, 0.15) is 24.7 Å². The summed E-state index contributed by atoms with van der Waals surface area (Å²) in [6.07, 6.45) is 1.02. The first-order valence-corrected chi connectivity index (χ1v) is 10.7. The fourth-order valence-corrected chi connectivity index (χ4v) is 3.44. The summed E-state index contributed by atoms with van der Waals surface area (Å²) in [5.74, 6) is 0.520. The van der Waals surface area contributed by atoms with Crippen LogP contribution >= 0.6 is 11.6 Å². The predicted molar refractivity (Wildman–Crippen MR) is 110 cm³/mol. The van der Waals surface area contributed by atoms with Crippen LogP contribution < -0.4 is 19.1 Å². The molecule has 0 aromatic heterocycles. The standard InChI is InChI=1S/C19H23ClN2O5S/c1-14-4-7-16(8-5-14)27-11-10-21-19(23)13-22(28(3,24)25)17-12-15(20)6-9-18(17)26-2/h4-9,12H,10-11,13H2,1-3H3,(H,21,23). The quantitative estimate of drug-likeness (QED) is 0.623. The van der Waals surface area contributed by atoms with Gasteiger partial charge in [-0.25, -0.2) is 8.42 Å². The highest BCUT2D eigenvalue weighted by Crippen LogP contribution is 2.32. The molecular formula is C19H23ClN2O5S. The molecule has 152 valence electrons. The van der Waals surface area contributed by atoms with E-state index in [9.17, 15) is 13.2 Å². The molecule has 0 atom stereocenters. The molecule has 7 nitrogen and oxygen atoms in total. The number of methoxy groups -OCH3 is 1. The van der Waals surface area contributed by atoms with E-state index in [0.717, 1.165) is 16.1 Å². The molecule has 0 unspecified atom stereocenters. The molecule has 0 aliphatic carbocycles.